The summed E-state index contributed by atoms with van der Waals surface area (Å²) in [6.45, 7) is 3.12. The first-order valence-electron chi connectivity index (χ1n) is 6.73. The van der Waals surface area contributed by atoms with Crippen molar-refractivity contribution in [1.29, 1.82) is 0 Å². The van der Waals surface area contributed by atoms with Crippen LogP contribution in [0.5, 0.6) is 0 Å². The van der Waals surface area contributed by atoms with Gasteiger partial charge in [0.05, 0.1) is 10.3 Å². The number of nitrogens with zero attached hydrogens (tertiary/aromatic N) is 1. The highest BCUT2D eigenvalue weighted by atomic mass is 16.6. The van der Waals surface area contributed by atoms with Crippen molar-refractivity contribution in [1.82, 2.24) is 0 Å². The molecule has 0 amide bonds. The van der Waals surface area contributed by atoms with E-state index in [0.717, 1.165) is 0 Å². The maximum Gasteiger partial charge on any atom is 0.269 e. The zero-order valence-electron chi connectivity index (χ0n) is 12.3. The summed E-state index contributed by atoms with van der Waals surface area (Å²) in [7, 11) is 0. The molecule has 0 radical (unpaired) electrons. The summed E-state index contributed by atoms with van der Waals surface area (Å²) in [5, 5.41) is 10.6. The van der Waals surface area contributed by atoms with E-state index in [1.54, 1.807) is 44.2 Å². The number of nitro benzene ring substituents is 1. The van der Waals surface area contributed by atoms with Crippen molar-refractivity contribution in [2.75, 3.05) is 0 Å². The Morgan fingerprint density at radius 3 is 1.77 bits per heavy atom. The Morgan fingerprint density at radius 1 is 0.864 bits per heavy atom. The number of rotatable bonds is 5. The lowest BCUT2D eigenvalue weighted by Gasteiger charge is -2.21. The predicted molar refractivity (Wildman–Crippen MR) is 82.0 cm³/mol. The molecule has 2 aromatic carbocycles. The summed E-state index contributed by atoms with van der Waals surface area (Å²) in [6, 6.07) is 13.9. The van der Waals surface area contributed by atoms with Gasteiger partial charge in [-0.1, -0.05) is 30.3 Å². The Morgan fingerprint density at radius 2 is 1.32 bits per heavy atom. The smallest absolute Gasteiger partial charge is 0.269 e. The van der Waals surface area contributed by atoms with Gasteiger partial charge in [0, 0.05) is 23.3 Å². The molecular weight excluding hydrogens is 282 g/mol. The average molecular weight is 297 g/mol. The minimum absolute atomic E-state index is 0.0938. The van der Waals surface area contributed by atoms with E-state index in [1.807, 2.05) is 0 Å². The first-order chi connectivity index (χ1) is 10.3. The van der Waals surface area contributed by atoms with Crippen LogP contribution in [0.15, 0.2) is 54.6 Å². The van der Waals surface area contributed by atoms with Crippen molar-refractivity contribution in [3.8, 4) is 0 Å². The van der Waals surface area contributed by atoms with Gasteiger partial charge in [-0.15, -0.1) is 0 Å². The van der Waals surface area contributed by atoms with Gasteiger partial charge in [0.1, 0.15) is 0 Å². The molecule has 0 saturated heterocycles. The van der Waals surface area contributed by atoms with Crippen molar-refractivity contribution < 1.29 is 14.5 Å². The van der Waals surface area contributed by atoms with Crippen LogP contribution in [0.1, 0.15) is 34.6 Å². The molecule has 112 valence electrons. The van der Waals surface area contributed by atoms with Crippen LogP contribution in [0.4, 0.5) is 5.69 Å². The lowest BCUT2D eigenvalue weighted by atomic mass is 9.78. The van der Waals surface area contributed by atoms with Crippen LogP contribution in [0.3, 0.4) is 0 Å². The monoisotopic (exact) mass is 297 g/mol. The van der Waals surface area contributed by atoms with E-state index in [2.05, 4.69) is 0 Å². The van der Waals surface area contributed by atoms with E-state index in [0.29, 0.717) is 5.56 Å². The molecule has 2 rings (SSSR count). The molecule has 0 aromatic heterocycles. The molecule has 5 heteroatoms. The van der Waals surface area contributed by atoms with Gasteiger partial charge in [0.25, 0.3) is 5.69 Å². The summed E-state index contributed by atoms with van der Waals surface area (Å²) in [6.07, 6.45) is 0. The second-order valence-corrected chi connectivity index (χ2v) is 5.45. The second kappa shape index (κ2) is 5.89. The number of nitro groups is 1. The van der Waals surface area contributed by atoms with E-state index < -0.39 is 10.3 Å². The van der Waals surface area contributed by atoms with Crippen LogP contribution < -0.4 is 0 Å². The van der Waals surface area contributed by atoms with Crippen LogP contribution in [-0.4, -0.2) is 16.5 Å². The molecule has 0 fully saturated rings. The SMILES string of the molecule is CC(C)(C(=O)c1ccccc1)C(=O)c1ccc([N+](=O)[O-])cc1. The van der Waals surface area contributed by atoms with Gasteiger partial charge in [-0.25, -0.2) is 0 Å². The van der Waals surface area contributed by atoms with Crippen molar-refractivity contribution in [3.63, 3.8) is 0 Å². The van der Waals surface area contributed by atoms with Crippen molar-refractivity contribution >= 4 is 17.3 Å². The molecule has 0 saturated carbocycles. The van der Waals surface area contributed by atoms with E-state index in [-0.39, 0.29) is 22.8 Å². The maximum atomic E-state index is 12.6. The van der Waals surface area contributed by atoms with Crippen molar-refractivity contribution in [2.45, 2.75) is 13.8 Å². The number of ketones is 2. The maximum absolute atomic E-state index is 12.6. The van der Waals surface area contributed by atoms with Gasteiger partial charge in [-0.05, 0) is 26.0 Å². The minimum Gasteiger partial charge on any atom is -0.293 e. The molecule has 0 spiro atoms. The highest BCUT2D eigenvalue weighted by Crippen LogP contribution is 2.27. The zero-order chi connectivity index (χ0) is 16.3. The van der Waals surface area contributed by atoms with Gasteiger partial charge >= 0.3 is 0 Å². The normalized spacial score (nSPS) is 11.0. The zero-order valence-corrected chi connectivity index (χ0v) is 12.3. The topological polar surface area (TPSA) is 77.3 Å². The quantitative estimate of drug-likeness (QED) is 0.365. The molecule has 0 aliphatic carbocycles. The van der Waals surface area contributed by atoms with Gasteiger partial charge in [-0.2, -0.15) is 0 Å². The average Bonchev–Trinajstić information content (AvgIpc) is 2.54. The third kappa shape index (κ3) is 2.93. The molecule has 0 atom stereocenters. The Labute approximate surface area is 127 Å². The van der Waals surface area contributed by atoms with E-state index >= 15 is 0 Å². The largest absolute Gasteiger partial charge is 0.293 e. The van der Waals surface area contributed by atoms with Crippen LogP contribution in [0.2, 0.25) is 0 Å². The molecular formula is C17H15NO4. The number of benzene rings is 2. The van der Waals surface area contributed by atoms with Crippen LogP contribution in [0, 0.1) is 15.5 Å². The molecule has 0 bridgehead atoms. The van der Waals surface area contributed by atoms with Gasteiger partial charge in [0.2, 0.25) is 0 Å². The van der Waals surface area contributed by atoms with Gasteiger partial charge in [-0.3, -0.25) is 19.7 Å². The standard InChI is InChI=1S/C17H15NO4/c1-17(2,15(19)12-6-4-3-5-7-12)16(20)13-8-10-14(11-9-13)18(21)22/h3-11H,1-2H3. The first-order valence-corrected chi connectivity index (χ1v) is 6.73. The summed E-state index contributed by atoms with van der Waals surface area (Å²) in [5.74, 6) is -0.646. The van der Waals surface area contributed by atoms with Crippen LogP contribution >= 0.6 is 0 Å². The van der Waals surface area contributed by atoms with Crippen LogP contribution in [0.25, 0.3) is 0 Å². The van der Waals surface area contributed by atoms with Gasteiger partial charge < -0.3 is 0 Å². The summed E-state index contributed by atoms with van der Waals surface area (Å²) >= 11 is 0. The number of hydrogen-bond acceptors (Lipinski definition) is 4. The molecule has 0 heterocycles. The highest BCUT2D eigenvalue weighted by molar-refractivity contribution is 6.19. The third-order valence-electron chi connectivity index (χ3n) is 3.51. The lowest BCUT2D eigenvalue weighted by Crippen LogP contribution is -2.33. The molecule has 5 nitrogen and oxygen atoms in total. The molecule has 22 heavy (non-hydrogen) atoms. The molecule has 0 N–H and O–H groups in total. The second-order valence-electron chi connectivity index (χ2n) is 5.45. The van der Waals surface area contributed by atoms with E-state index in [1.165, 1.54) is 24.3 Å². The summed E-state index contributed by atoms with van der Waals surface area (Å²) in [5.41, 5.74) is -0.594. The summed E-state index contributed by atoms with van der Waals surface area (Å²) < 4.78 is 0. The van der Waals surface area contributed by atoms with E-state index in [4.69, 9.17) is 0 Å². The number of hydrogen-bond donors (Lipinski definition) is 0. The Balaban J connectivity index is 2.30. The third-order valence-corrected chi connectivity index (χ3v) is 3.51. The molecule has 0 aliphatic heterocycles. The van der Waals surface area contributed by atoms with Crippen molar-refractivity contribution in [3.05, 3.63) is 75.8 Å². The van der Waals surface area contributed by atoms with Crippen LogP contribution in [-0.2, 0) is 0 Å². The van der Waals surface area contributed by atoms with Gasteiger partial charge in [0.15, 0.2) is 11.6 Å². The first kappa shape index (κ1) is 15.6. The fraction of sp³-hybridized carbons (Fsp3) is 0.176. The predicted octanol–water partition coefficient (Wildman–Crippen LogP) is 3.69. The highest BCUT2D eigenvalue weighted by Gasteiger charge is 2.37. The minimum atomic E-state index is -1.24. The molecule has 0 aliphatic rings. The Kier molecular flexibility index (Phi) is 4.17. The van der Waals surface area contributed by atoms with E-state index in [9.17, 15) is 19.7 Å². The fourth-order valence-electron chi connectivity index (χ4n) is 2.15. The molecule has 0 unspecified atom stereocenters. The lowest BCUT2D eigenvalue weighted by molar-refractivity contribution is -0.384. The number of carbonyl (C=O) groups excluding carboxylic acids is 2. The molecule has 2 aromatic rings. The summed E-state index contributed by atoms with van der Waals surface area (Å²) in [4.78, 5) is 35.2. The number of Topliss-reactive ketones (excluding diaryl/α,β-unsaturated/α-hetero) is 2. The Bertz CT molecular complexity index is 718. The number of non-ortho nitro benzene ring substituents is 1. The fourth-order valence-corrected chi connectivity index (χ4v) is 2.15. The Hall–Kier alpha value is -2.82. The number of carbonyl (C=O) groups is 2. The van der Waals surface area contributed by atoms with Crippen molar-refractivity contribution in [2.24, 2.45) is 5.41 Å².